The molecule has 0 bridgehead atoms. The van der Waals surface area contributed by atoms with Gasteiger partial charge in [-0.2, -0.15) is 0 Å². The fourth-order valence-corrected chi connectivity index (χ4v) is 4.60. The van der Waals surface area contributed by atoms with Crippen LogP contribution in [0.2, 0.25) is 4.34 Å². The first-order chi connectivity index (χ1) is 14.5. The van der Waals surface area contributed by atoms with E-state index in [1.807, 2.05) is 0 Å². The number of rotatable bonds is 7. The van der Waals surface area contributed by atoms with Crippen LogP contribution in [0.3, 0.4) is 0 Å². The van der Waals surface area contributed by atoms with Crippen molar-refractivity contribution in [1.82, 2.24) is 10.3 Å². The van der Waals surface area contributed by atoms with Crippen LogP contribution in [0.25, 0.3) is 0 Å². The van der Waals surface area contributed by atoms with Gasteiger partial charge in [-0.3, -0.25) is 9.52 Å². The van der Waals surface area contributed by atoms with Gasteiger partial charge in [-0.05, 0) is 29.8 Å². The average molecular weight is 492 g/mol. The fourth-order valence-electron chi connectivity index (χ4n) is 2.43. The number of alkyl halides is 3. The van der Waals surface area contributed by atoms with E-state index in [1.54, 1.807) is 30.3 Å². The Balaban J connectivity index is 1.85. The molecule has 0 radical (unpaired) electrons. The number of nitrogens with zero attached hydrogens (tertiary/aromatic N) is 1. The first kappa shape index (κ1) is 22.8. The van der Waals surface area contributed by atoms with Crippen molar-refractivity contribution in [2.24, 2.45) is 0 Å². The number of sulfonamides is 1. The molecule has 0 aliphatic carbocycles. The number of ether oxygens (including phenoxy) is 1. The molecule has 1 amide bonds. The molecule has 2 aromatic carbocycles. The number of aromatic nitrogens is 1. The van der Waals surface area contributed by atoms with Crippen molar-refractivity contribution in [1.29, 1.82) is 0 Å². The van der Waals surface area contributed by atoms with Crippen LogP contribution < -0.4 is 14.8 Å². The maximum absolute atomic E-state index is 12.9. The standard InChI is InChI=1S/C18H13ClF3N3O4S2/c19-15-10-24-17(30-15)25-31(27,28)14-7-6-11(8-13(14)29-18(20,21)22)9-23-16(26)12-4-2-1-3-5-12/h1-8,10H,9H2,(H,23,26)(H,24,25). The van der Waals surface area contributed by atoms with Crippen molar-refractivity contribution in [3.63, 3.8) is 0 Å². The maximum atomic E-state index is 12.9. The molecule has 7 nitrogen and oxygen atoms in total. The van der Waals surface area contributed by atoms with Gasteiger partial charge in [0.1, 0.15) is 15.0 Å². The summed E-state index contributed by atoms with van der Waals surface area (Å²) in [4.78, 5) is 15.1. The molecule has 164 valence electrons. The van der Waals surface area contributed by atoms with Gasteiger partial charge in [-0.15, -0.1) is 13.2 Å². The third-order valence-electron chi connectivity index (χ3n) is 3.71. The molecule has 0 spiro atoms. The quantitative estimate of drug-likeness (QED) is 0.509. The summed E-state index contributed by atoms with van der Waals surface area (Å²) in [5.74, 6) is -1.40. The van der Waals surface area contributed by atoms with Crippen LogP contribution in [0.15, 0.2) is 59.6 Å². The monoisotopic (exact) mass is 491 g/mol. The number of halogens is 4. The van der Waals surface area contributed by atoms with Gasteiger partial charge in [-0.25, -0.2) is 13.4 Å². The van der Waals surface area contributed by atoms with Gasteiger partial charge in [0, 0.05) is 12.1 Å². The highest BCUT2D eigenvalue weighted by molar-refractivity contribution is 7.93. The number of amides is 1. The fraction of sp³-hybridized carbons (Fsp3) is 0.111. The lowest BCUT2D eigenvalue weighted by Gasteiger charge is -2.15. The van der Waals surface area contributed by atoms with Gasteiger partial charge in [0.15, 0.2) is 5.13 Å². The van der Waals surface area contributed by atoms with Crippen molar-refractivity contribution >= 4 is 44.0 Å². The average Bonchev–Trinajstić information content (AvgIpc) is 3.09. The summed E-state index contributed by atoms with van der Waals surface area (Å²) < 4.78 is 69.9. The van der Waals surface area contributed by atoms with Crippen LogP contribution in [0, 0.1) is 0 Å². The molecule has 0 saturated carbocycles. The Labute approximate surface area is 183 Å². The molecule has 0 saturated heterocycles. The number of carbonyl (C=O) groups excluding carboxylic acids is 1. The van der Waals surface area contributed by atoms with Crippen LogP contribution in [-0.2, 0) is 16.6 Å². The lowest BCUT2D eigenvalue weighted by atomic mass is 10.2. The Morgan fingerprint density at radius 3 is 2.48 bits per heavy atom. The van der Waals surface area contributed by atoms with E-state index in [1.165, 1.54) is 12.3 Å². The van der Waals surface area contributed by atoms with Crippen molar-refractivity contribution in [2.75, 3.05) is 4.72 Å². The SMILES string of the molecule is O=C(NCc1ccc(S(=O)(=O)Nc2ncc(Cl)s2)c(OC(F)(F)F)c1)c1ccccc1. The highest BCUT2D eigenvalue weighted by Gasteiger charge is 2.34. The van der Waals surface area contributed by atoms with Gasteiger partial charge in [0.2, 0.25) is 0 Å². The minimum atomic E-state index is -5.14. The van der Waals surface area contributed by atoms with E-state index in [2.05, 4.69) is 19.8 Å². The lowest BCUT2D eigenvalue weighted by molar-refractivity contribution is -0.275. The van der Waals surface area contributed by atoms with Crippen molar-refractivity contribution in [3.05, 3.63) is 70.2 Å². The van der Waals surface area contributed by atoms with Crippen LogP contribution in [-0.4, -0.2) is 25.7 Å². The molecule has 3 rings (SSSR count). The number of hydrogen-bond donors (Lipinski definition) is 2. The van der Waals surface area contributed by atoms with Gasteiger partial charge in [-0.1, -0.05) is 47.2 Å². The van der Waals surface area contributed by atoms with E-state index in [4.69, 9.17) is 11.6 Å². The minimum absolute atomic E-state index is 0.123. The summed E-state index contributed by atoms with van der Waals surface area (Å²) in [6.07, 6.45) is -3.95. The second-order valence-electron chi connectivity index (χ2n) is 5.95. The summed E-state index contributed by atoms with van der Waals surface area (Å²) in [7, 11) is -4.47. The molecular formula is C18H13ClF3N3O4S2. The van der Waals surface area contributed by atoms with Gasteiger partial charge >= 0.3 is 6.36 Å². The molecule has 1 heterocycles. The smallest absolute Gasteiger partial charge is 0.404 e. The van der Waals surface area contributed by atoms with Crippen LogP contribution in [0.4, 0.5) is 18.3 Å². The number of carbonyl (C=O) groups is 1. The zero-order valence-electron chi connectivity index (χ0n) is 15.3. The Kier molecular flexibility index (Phi) is 6.72. The molecule has 0 aliphatic rings. The molecule has 3 aromatic rings. The van der Waals surface area contributed by atoms with Gasteiger partial charge in [0.05, 0.1) is 6.20 Å². The Bertz CT molecular complexity index is 1190. The third-order valence-corrected chi connectivity index (χ3v) is 6.25. The maximum Gasteiger partial charge on any atom is 0.573 e. The van der Waals surface area contributed by atoms with Crippen LogP contribution >= 0.6 is 22.9 Å². The highest BCUT2D eigenvalue weighted by atomic mass is 35.5. The summed E-state index contributed by atoms with van der Waals surface area (Å²) >= 11 is 6.49. The van der Waals surface area contributed by atoms with Crippen molar-refractivity contribution < 1.29 is 31.1 Å². The summed E-state index contributed by atoms with van der Waals surface area (Å²) in [5, 5.41) is 2.42. The first-order valence-electron chi connectivity index (χ1n) is 8.39. The van der Waals surface area contributed by atoms with Gasteiger partial charge < -0.3 is 10.1 Å². The normalized spacial score (nSPS) is 11.7. The number of hydrogen-bond acceptors (Lipinski definition) is 6. The second-order valence-corrected chi connectivity index (χ2v) is 9.27. The van der Waals surface area contributed by atoms with Crippen LogP contribution in [0.5, 0.6) is 5.75 Å². The molecule has 31 heavy (non-hydrogen) atoms. The van der Waals surface area contributed by atoms with E-state index < -0.39 is 32.9 Å². The van der Waals surface area contributed by atoms with E-state index in [0.29, 0.717) is 5.56 Å². The molecule has 13 heteroatoms. The first-order valence-corrected chi connectivity index (χ1v) is 11.1. The highest BCUT2D eigenvalue weighted by Crippen LogP contribution is 2.33. The summed E-state index contributed by atoms with van der Waals surface area (Å²) in [6.45, 7) is -0.155. The molecular weight excluding hydrogens is 479 g/mol. The predicted molar refractivity (Wildman–Crippen MR) is 109 cm³/mol. The summed E-state index contributed by atoms with van der Waals surface area (Å²) in [6, 6.07) is 11.3. The van der Waals surface area contributed by atoms with E-state index in [0.717, 1.165) is 23.5 Å². The zero-order chi connectivity index (χ0) is 22.6. The van der Waals surface area contributed by atoms with E-state index in [-0.39, 0.29) is 21.6 Å². The molecule has 0 unspecified atom stereocenters. The molecule has 0 atom stereocenters. The largest absolute Gasteiger partial charge is 0.573 e. The van der Waals surface area contributed by atoms with Crippen LogP contribution in [0.1, 0.15) is 15.9 Å². The van der Waals surface area contributed by atoms with Gasteiger partial charge in [0.25, 0.3) is 15.9 Å². The van der Waals surface area contributed by atoms with Crippen molar-refractivity contribution in [3.8, 4) is 5.75 Å². The molecule has 0 aliphatic heterocycles. The Morgan fingerprint density at radius 1 is 1.16 bits per heavy atom. The van der Waals surface area contributed by atoms with Crippen molar-refractivity contribution in [2.45, 2.75) is 17.8 Å². The summed E-state index contributed by atoms with van der Waals surface area (Å²) in [5.41, 5.74) is 0.555. The third kappa shape index (κ3) is 6.32. The number of anilines is 1. The lowest BCUT2D eigenvalue weighted by Crippen LogP contribution is -2.24. The Morgan fingerprint density at radius 2 is 1.87 bits per heavy atom. The van der Waals surface area contributed by atoms with E-state index in [9.17, 15) is 26.4 Å². The molecule has 1 aromatic heterocycles. The number of benzene rings is 2. The number of thiazole rings is 1. The zero-order valence-corrected chi connectivity index (χ0v) is 17.7. The minimum Gasteiger partial charge on any atom is -0.404 e. The topological polar surface area (TPSA) is 97.4 Å². The van der Waals surface area contributed by atoms with E-state index >= 15 is 0 Å². The Hall–Kier alpha value is -2.83. The number of nitrogens with one attached hydrogen (secondary N) is 2. The predicted octanol–water partition coefficient (Wildman–Crippen LogP) is 4.43. The second kappa shape index (κ2) is 9.12. The molecule has 2 N–H and O–H groups in total. The molecule has 0 fully saturated rings.